The number of H-pyrrole nitrogens is 1. The van der Waals surface area contributed by atoms with Crippen LogP contribution in [0.25, 0.3) is 0 Å². The summed E-state index contributed by atoms with van der Waals surface area (Å²) in [5, 5.41) is 11.2. The molecule has 1 aromatic heterocycles. The standard InChI is InChI=1S/C14H11N3O2/c15-8-6-12(18)13-11(7-9-16-13)14(19)17-10-4-2-1-3-5-10/h1-5,7,9,16H,6H2,(H,17,19). The van der Waals surface area contributed by atoms with E-state index >= 15 is 0 Å². The lowest BCUT2D eigenvalue weighted by Gasteiger charge is -2.04. The number of rotatable bonds is 4. The normalized spacial score (nSPS) is 9.63. The molecule has 5 nitrogen and oxygen atoms in total. The van der Waals surface area contributed by atoms with Gasteiger partial charge in [0.25, 0.3) is 5.91 Å². The van der Waals surface area contributed by atoms with E-state index in [1.807, 2.05) is 6.07 Å². The van der Waals surface area contributed by atoms with E-state index in [1.54, 1.807) is 30.3 Å². The second-order valence-electron chi connectivity index (χ2n) is 3.84. The second kappa shape index (κ2) is 5.65. The van der Waals surface area contributed by atoms with Crippen molar-refractivity contribution in [2.24, 2.45) is 0 Å². The van der Waals surface area contributed by atoms with Crippen LogP contribution in [-0.2, 0) is 0 Å². The molecule has 0 aliphatic rings. The van der Waals surface area contributed by atoms with Gasteiger partial charge in [-0.25, -0.2) is 0 Å². The minimum Gasteiger partial charge on any atom is -0.358 e. The van der Waals surface area contributed by atoms with Crippen LogP contribution in [0.3, 0.4) is 0 Å². The van der Waals surface area contributed by atoms with E-state index in [0.29, 0.717) is 5.69 Å². The number of aromatic nitrogens is 1. The average molecular weight is 253 g/mol. The Morgan fingerprint density at radius 3 is 2.63 bits per heavy atom. The number of hydrogen-bond acceptors (Lipinski definition) is 3. The largest absolute Gasteiger partial charge is 0.358 e. The molecule has 0 radical (unpaired) electrons. The number of carbonyl (C=O) groups is 2. The SMILES string of the molecule is N#CCC(=O)c1[nH]ccc1C(=O)Nc1ccccc1. The summed E-state index contributed by atoms with van der Waals surface area (Å²) >= 11 is 0. The predicted octanol–water partition coefficient (Wildman–Crippen LogP) is 2.36. The number of carbonyl (C=O) groups excluding carboxylic acids is 2. The molecule has 0 aliphatic carbocycles. The van der Waals surface area contributed by atoms with Crippen molar-refractivity contribution < 1.29 is 9.59 Å². The maximum Gasteiger partial charge on any atom is 0.257 e. The fourth-order valence-corrected chi connectivity index (χ4v) is 1.67. The number of anilines is 1. The van der Waals surface area contributed by atoms with Gasteiger partial charge in [0, 0.05) is 11.9 Å². The molecule has 1 aromatic carbocycles. The molecule has 1 amide bonds. The Hall–Kier alpha value is -2.87. The van der Waals surface area contributed by atoms with Crippen LogP contribution in [0.4, 0.5) is 5.69 Å². The van der Waals surface area contributed by atoms with Crippen LogP contribution in [0.5, 0.6) is 0 Å². The van der Waals surface area contributed by atoms with Crippen LogP contribution in [0.2, 0.25) is 0 Å². The molecule has 1 heterocycles. The summed E-state index contributed by atoms with van der Waals surface area (Å²) in [6.07, 6.45) is 1.25. The number of nitrogens with one attached hydrogen (secondary N) is 2. The van der Waals surface area contributed by atoms with Crippen LogP contribution < -0.4 is 5.32 Å². The predicted molar refractivity (Wildman–Crippen MR) is 69.7 cm³/mol. The number of ketones is 1. The highest BCUT2D eigenvalue weighted by molar-refractivity contribution is 6.12. The molecule has 0 saturated heterocycles. The van der Waals surface area contributed by atoms with Crippen molar-refractivity contribution in [2.45, 2.75) is 6.42 Å². The summed E-state index contributed by atoms with van der Waals surface area (Å²) < 4.78 is 0. The zero-order valence-corrected chi connectivity index (χ0v) is 10.0. The van der Waals surface area contributed by atoms with Crippen molar-refractivity contribution in [1.29, 1.82) is 5.26 Å². The third-order valence-electron chi connectivity index (χ3n) is 2.54. The monoisotopic (exact) mass is 253 g/mol. The van der Waals surface area contributed by atoms with E-state index in [1.165, 1.54) is 12.3 Å². The third kappa shape index (κ3) is 2.87. The van der Waals surface area contributed by atoms with Gasteiger partial charge in [-0.3, -0.25) is 9.59 Å². The first kappa shape index (κ1) is 12.6. The molecule has 0 aliphatic heterocycles. The number of Topliss-reactive ketones (excluding diaryl/α,β-unsaturated/α-hetero) is 1. The van der Waals surface area contributed by atoms with Crippen molar-refractivity contribution >= 4 is 17.4 Å². The Labute approximate surface area is 109 Å². The van der Waals surface area contributed by atoms with E-state index in [0.717, 1.165) is 0 Å². The van der Waals surface area contributed by atoms with Gasteiger partial charge in [-0.15, -0.1) is 0 Å². The first-order valence-electron chi connectivity index (χ1n) is 5.66. The fourth-order valence-electron chi connectivity index (χ4n) is 1.67. The Kier molecular flexibility index (Phi) is 3.74. The summed E-state index contributed by atoms with van der Waals surface area (Å²) in [6.45, 7) is 0. The molecule has 0 spiro atoms. The lowest BCUT2D eigenvalue weighted by molar-refractivity contribution is 0.0972. The maximum atomic E-state index is 12.0. The van der Waals surface area contributed by atoms with Crippen molar-refractivity contribution in [1.82, 2.24) is 4.98 Å². The molecule has 0 fully saturated rings. The zero-order chi connectivity index (χ0) is 13.7. The summed E-state index contributed by atoms with van der Waals surface area (Å²) in [5.41, 5.74) is 1.05. The fraction of sp³-hybridized carbons (Fsp3) is 0.0714. The molecule has 0 saturated carbocycles. The quantitative estimate of drug-likeness (QED) is 0.820. The number of hydrogen-bond donors (Lipinski definition) is 2. The van der Waals surface area contributed by atoms with Gasteiger partial charge in [0.15, 0.2) is 5.78 Å². The maximum absolute atomic E-state index is 12.0. The number of benzene rings is 1. The molecule has 19 heavy (non-hydrogen) atoms. The van der Waals surface area contributed by atoms with Gasteiger partial charge in [0.05, 0.1) is 17.3 Å². The van der Waals surface area contributed by atoms with E-state index in [2.05, 4.69) is 10.3 Å². The van der Waals surface area contributed by atoms with E-state index in [4.69, 9.17) is 5.26 Å². The van der Waals surface area contributed by atoms with Crippen molar-refractivity contribution in [3.05, 3.63) is 53.9 Å². The summed E-state index contributed by atoms with van der Waals surface area (Å²) in [4.78, 5) is 26.4. The molecule has 0 unspecified atom stereocenters. The van der Waals surface area contributed by atoms with Crippen LogP contribution >= 0.6 is 0 Å². The molecule has 5 heteroatoms. The minimum absolute atomic E-state index is 0.162. The first-order valence-corrected chi connectivity index (χ1v) is 5.66. The summed E-state index contributed by atoms with van der Waals surface area (Å²) in [6, 6.07) is 12.2. The van der Waals surface area contributed by atoms with Gasteiger partial charge in [-0.2, -0.15) is 5.26 Å². The average Bonchev–Trinajstić information content (AvgIpc) is 2.89. The molecule has 0 bridgehead atoms. The van der Waals surface area contributed by atoms with Gasteiger partial charge in [0.1, 0.15) is 6.42 Å². The molecule has 2 rings (SSSR count). The van der Waals surface area contributed by atoms with Gasteiger partial charge in [-0.1, -0.05) is 18.2 Å². The number of para-hydroxylation sites is 1. The topological polar surface area (TPSA) is 85.8 Å². The Balaban J connectivity index is 2.19. The Morgan fingerprint density at radius 1 is 1.21 bits per heavy atom. The molecule has 0 atom stereocenters. The highest BCUT2D eigenvalue weighted by Crippen LogP contribution is 2.13. The van der Waals surface area contributed by atoms with Gasteiger partial charge < -0.3 is 10.3 Å². The molecule has 94 valence electrons. The number of aromatic amines is 1. The first-order chi connectivity index (χ1) is 9.22. The lowest BCUT2D eigenvalue weighted by Crippen LogP contribution is -2.15. The van der Waals surface area contributed by atoms with Crippen LogP contribution in [0.15, 0.2) is 42.6 Å². The smallest absolute Gasteiger partial charge is 0.257 e. The number of amides is 1. The zero-order valence-electron chi connectivity index (χ0n) is 10.0. The summed E-state index contributed by atoms with van der Waals surface area (Å²) in [5.74, 6) is -0.778. The highest BCUT2D eigenvalue weighted by atomic mass is 16.2. The van der Waals surface area contributed by atoms with E-state index < -0.39 is 5.78 Å². The van der Waals surface area contributed by atoms with Gasteiger partial charge in [0.2, 0.25) is 0 Å². The highest BCUT2D eigenvalue weighted by Gasteiger charge is 2.18. The van der Waals surface area contributed by atoms with Gasteiger partial charge in [-0.05, 0) is 18.2 Å². The Morgan fingerprint density at radius 2 is 1.95 bits per heavy atom. The minimum atomic E-state index is -0.397. The van der Waals surface area contributed by atoms with E-state index in [-0.39, 0.29) is 23.6 Å². The van der Waals surface area contributed by atoms with Crippen LogP contribution in [0, 0.1) is 11.3 Å². The molecular formula is C14H11N3O2. The molecule has 2 N–H and O–H groups in total. The number of nitriles is 1. The van der Waals surface area contributed by atoms with Crippen molar-refractivity contribution in [3.8, 4) is 6.07 Å². The van der Waals surface area contributed by atoms with Crippen LogP contribution in [-0.4, -0.2) is 16.7 Å². The third-order valence-corrected chi connectivity index (χ3v) is 2.54. The van der Waals surface area contributed by atoms with Crippen molar-refractivity contribution in [3.63, 3.8) is 0 Å². The van der Waals surface area contributed by atoms with E-state index in [9.17, 15) is 9.59 Å². The Bertz CT molecular complexity index is 638. The molecule has 2 aromatic rings. The lowest BCUT2D eigenvalue weighted by atomic mass is 10.1. The van der Waals surface area contributed by atoms with Crippen molar-refractivity contribution in [2.75, 3.05) is 5.32 Å². The second-order valence-corrected chi connectivity index (χ2v) is 3.84. The van der Waals surface area contributed by atoms with Gasteiger partial charge >= 0.3 is 0 Å². The van der Waals surface area contributed by atoms with Crippen LogP contribution in [0.1, 0.15) is 27.3 Å². The molecular weight excluding hydrogens is 242 g/mol. The number of nitrogens with zero attached hydrogens (tertiary/aromatic N) is 1. The summed E-state index contributed by atoms with van der Waals surface area (Å²) in [7, 11) is 0.